The highest BCUT2D eigenvalue weighted by Gasteiger charge is 2.14. The molecule has 0 amide bonds. The molecule has 0 rings (SSSR count). The highest BCUT2D eigenvalue weighted by atomic mass is 16.4. The summed E-state index contributed by atoms with van der Waals surface area (Å²) in [6, 6.07) is 0. The van der Waals surface area contributed by atoms with Crippen molar-refractivity contribution in [1.82, 2.24) is 0 Å². The first-order valence-electron chi connectivity index (χ1n) is 4.48. The van der Waals surface area contributed by atoms with Gasteiger partial charge in [-0.25, -0.2) is 0 Å². The normalized spacial score (nSPS) is 15.0. The zero-order valence-electron chi connectivity index (χ0n) is 8.29. The van der Waals surface area contributed by atoms with Crippen LogP contribution in [0.4, 0.5) is 0 Å². The Labute approximate surface area is 79.1 Å². The summed E-state index contributed by atoms with van der Waals surface area (Å²) in [5.41, 5.74) is 0.878. The van der Waals surface area contributed by atoms with Crippen LogP contribution in [0.3, 0.4) is 0 Å². The molecule has 0 unspecified atom stereocenters. The van der Waals surface area contributed by atoms with Crippen LogP contribution in [0.2, 0.25) is 0 Å². The highest BCUT2D eigenvalue weighted by Crippen LogP contribution is 2.20. The molecule has 0 aromatic carbocycles. The van der Waals surface area contributed by atoms with Gasteiger partial charge in [0.2, 0.25) is 0 Å². The topological polar surface area (TPSA) is 57.5 Å². The minimum absolute atomic E-state index is 0.00731. The first-order valence-corrected chi connectivity index (χ1v) is 4.48. The fraction of sp³-hybridized carbons (Fsp3) is 0.700. The van der Waals surface area contributed by atoms with E-state index in [4.69, 9.17) is 10.2 Å². The van der Waals surface area contributed by atoms with Gasteiger partial charge < -0.3 is 10.2 Å². The van der Waals surface area contributed by atoms with Crippen LogP contribution >= 0.6 is 0 Å². The molecule has 0 aliphatic heterocycles. The molecule has 0 saturated heterocycles. The van der Waals surface area contributed by atoms with Gasteiger partial charge in [0.15, 0.2) is 0 Å². The van der Waals surface area contributed by atoms with Gasteiger partial charge in [0.05, 0.1) is 12.5 Å². The average Bonchev–Trinajstić information content (AvgIpc) is 1.96. The number of allylic oxidation sites excluding steroid dienone is 1. The Balaban J connectivity index is 3.95. The maximum Gasteiger partial charge on any atom is 0.303 e. The third-order valence-corrected chi connectivity index (χ3v) is 2.05. The number of aliphatic hydroxyl groups excluding tert-OH is 1. The second-order valence-electron chi connectivity index (χ2n) is 3.57. The Kier molecular flexibility index (Phi) is 5.39. The van der Waals surface area contributed by atoms with E-state index < -0.39 is 5.97 Å². The van der Waals surface area contributed by atoms with Gasteiger partial charge in [0, 0.05) is 0 Å². The number of carboxylic acid groups (broad SMARTS) is 1. The zero-order valence-corrected chi connectivity index (χ0v) is 8.29. The summed E-state index contributed by atoms with van der Waals surface area (Å²) >= 11 is 0. The SMILES string of the molecule is C=C(C)[C@H](CC[C@@H](C)O)CC(=O)O. The van der Waals surface area contributed by atoms with Crippen LogP contribution in [-0.2, 0) is 4.79 Å². The van der Waals surface area contributed by atoms with Gasteiger partial charge in [-0.2, -0.15) is 0 Å². The van der Waals surface area contributed by atoms with Crippen LogP contribution in [0, 0.1) is 5.92 Å². The van der Waals surface area contributed by atoms with Crippen molar-refractivity contribution in [2.45, 2.75) is 39.2 Å². The number of carboxylic acids is 1. The molecule has 0 spiro atoms. The first kappa shape index (κ1) is 12.2. The number of aliphatic carboxylic acids is 1. The maximum atomic E-state index is 10.5. The predicted octanol–water partition coefficient (Wildman–Crippen LogP) is 1.81. The first-order chi connectivity index (χ1) is 5.93. The molecule has 3 nitrogen and oxygen atoms in total. The predicted molar refractivity (Wildman–Crippen MR) is 51.5 cm³/mol. The average molecular weight is 186 g/mol. The number of rotatable bonds is 6. The minimum Gasteiger partial charge on any atom is -0.481 e. The van der Waals surface area contributed by atoms with Crippen LogP contribution in [0.5, 0.6) is 0 Å². The van der Waals surface area contributed by atoms with Crippen LogP contribution in [0.25, 0.3) is 0 Å². The summed E-state index contributed by atoms with van der Waals surface area (Å²) in [7, 11) is 0. The van der Waals surface area contributed by atoms with Crippen LogP contribution in [0.15, 0.2) is 12.2 Å². The van der Waals surface area contributed by atoms with E-state index in [9.17, 15) is 4.79 Å². The quantitative estimate of drug-likeness (QED) is 0.622. The van der Waals surface area contributed by atoms with E-state index in [1.165, 1.54) is 0 Å². The maximum absolute atomic E-state index is 10.5. The summed E-state index contributed by atoms with van der Waals surface area (Å²) in [4.78, 5) is 10.5. The molecule has 2 atom stereocenters. The number of hydrogen-bond donors (Lipinski definition) is 2. The standard InChI is InChI=1S/C10H18O3/c1-7(2)9(6-10(12)13)5-4-8(3)11/h8-9,11H,1,4-6H2,2-3H3,(H,12,13)/t8-,9-/m1/s1. The van der Waals surface area contributed by atoms with Gasteiger partial charge in [-0.1, -0.05) is 12.2 Å². The van der Waals surface area contributed by atoms with Crippen molar-refractivity contribution in [1.29, 1.82) is 0 Å². The van der Waals surface area contributed by atoms with Crippen molar-refractivity contribution in [3.63, 3.8) is 0 Å². The van der Waals surface area contributed by atoms with E-state index in [0.29, 0.717) is 12.8 Å². The molecule has 0 aromatic heterocycles. The molecule has 2 N–H and O–H groups in total. The van der Waals surface area contributed by atoms with E-state index in [2.05, 4.69) is 6.58 Å². The number of hydrogen-bond acceptors (Lipinski definition) is 2. The van der Waals surface area contributed by atoms with Crippen LogP contribution in [0.1, 0.15) is 33.1 Å². The second kappa shape index (κ2) is 5.75. The number of carbonyl (C=O) groups is 1. The molecule has 0 aromatic rings. The molecule has 0 radical (unpaired) electrons. The van der Waals surface area contributed by atoms with E-state index in [1.807, 2.05) is 6.92 Å². The largest absolute Gasteiger partial charge is 0.481 e. The van der Waals surface area contributed by atoms with Crippen LogP contribution in [-0.4, -0.2) is 22.3 Å². The fourth-order valence-electron chi connectivity index (χ4n) is 1.18. The Morgan fingerprint density at radius 2 is 2.00 bits per heavy atom. The molecular formula is C10H18O3. The molecule has 3 heteroatoms. The Morgan fingerprint density at radius 1 is 1.46 bits per heavy atom. The molecule has 13 heavy (non-hydrogen) atoms. The molecule has 0 heterocycles. The number of aliphatic hydroxyl groups is 1. The van der Waals surface area contributed by atoms with E-state index in [1.54, 1.807) is 6.92 Å². The Hall–Kier alpha value is -0.830. The molecule has 0 bridgehead atoms. The van der Waals surface area contributed by atoms with E-state index >= 15 is 0 Å². The minimum atomic E-state index is -0.807. The fourth-order valence-corrected chi connectivity index (χ4v) is 1.18. The Bertz CT molecular complexity index is 185. The molecule has 76 valence electrons. The van der Waals surface area contributed by atoms with Gasteiger partial charge in [-0.15, -0.1) is 0 Å². The molecule has 0 aliphatic rings. The smallest absolute Gasteiger partial charge is 0.303 e. The molecular weight excluding hydrogens is 168 g/mol. The van der Waals surface area contributed by atoms with Gasteiger partial charge in [0.25, 0.3) is 0 Å². The van der Waals surface area contributed by atoms with Gasteiger partial charge in [-0.3, -0.25) is 4.79 Å². The zero-order chi connectivity index (χ0) is 10.4. The second-order valence-corrected chi connectivity index (χ2v) is 3.57. The van der Waals surface area contributed by atoms with E-state index in [0.717, 1.165) is 5.57 Å². The summed E-state index contributed by atoms with van der Waals surface area (Å²) < 4.78 is 0. The molecule has 0 saturated carbocycles. The molecule has 0 fully saturated rings. The van der Waals surface area contributed by atoms with Gasteiger partial charge in [-0.05, 0) is 32.6 Å². The highest BCUT2D eigenvalue weighted by molar-refractivity contribution is 5.67. The lowest BCUT2D eigenvalue weighted by Crippen LogP contribution is -2.11. The lowest BCUT2D eigenvalue weighted by Gasteiger charge is -2.15. The third-order valence-electron chi connectivity index (χ3n) is 2.05. The lowest BCUT2D eigenvalue weighted by atomic mass is 9.92. The van der Waals surface area contributed by atoms with Crippen LogP contribution < -0.4 is 0 Å². The summed E-state index contributed by atoms with van der Waals surface area (Å²) in [6.45, 7) is 7.28. The van der Waals surface area contributed by atoms with E-state index in [-0.39, 0.29) is 18.4 Å². The lowest BCUT2D eigenvalue weighted by molar-refractivity contribution is -0.137. The summed E-state index contributed by atoms with van der Waals surface area (Å²) in [6.07, 6.45) is 1.07. The monoisotopic (exact) mass is 186 g/mol. The van der Waals surface area contributed by atoms with Crippen molar-refractivity contribution in [3.05, 3.63) is 12.2 Å². The summed E-state index contributed by atoms with van der Waals surface area (Å²) in [5.74, 6) is -0.814. The van der Waals surface area contributed by atoms with Crippen molar-refractivity contribution in [2.24, 2.45) is 5.92 Å². The summed E-state index contributed by atoms with van der Waals surface area (Å²) in [5, 5.41) is 17.6. The van der Waals surface area contributed by atoms with Gasteiger partial charge >= 0.3 is 5.97 Å². The van der Waals surface area contributed by atoms with Gasteiger partial charge in [0.1, 0.15) is 0 Å². The van der Waals surface area contributed by atoms with Crippen molar-refractivity contribution < 1.29 is 15.0 Å². The van der Waals surface area contributed by atoms with Crippen molar-refractivity contribution >= 4 is 5.97 Å². The van der Waals surface area contributed by atoms with Crippen molar-refractivity contribution in [2.75, 3.05) is 0 Å². The van der Waals surface area contributed by atoms with Crippen molar-refractivity contribution in [3.8, 4) is 0 Å². The Morgan fingerprint density at radius 3 is 2.31 bits per heavy atom. The molecule has 0 aliphatic carbocycles. The third kappa shape index (κ3) is 6.34.